The highest BCUT2D eigenvalue weighted by Gasteiger charge is 2.37. The molecule has 39 heavy (non-hydrogen) atoms. The monoisotopic (exact) mass is 542 g/mol. The quantitative estimate of drug-likeness (QED) is 0.404. The van der Waals surface area contributed by atoms with Crippen molar-refractivity contribution in [2.24, 2.45) is 11.7 Å². The van der Waals surface area contributed by atoms with Crippen molar-refractivity contribution in [3.63, 3.8) is 0 Å². The van der Waals surface area contributed by atoms with E-state index in [1.165, 1.54) is 29.0 Å². The number of aromatic hydroxyl groups is 1. The minimum atomic E-state index is -0.959. The Balaban J connectivity index is 2.29. The maximum Gasteiger partial charge on any atom is 0.246 e. The van der Waals surface area contributed by atoms with E-state index in [-0.39, 0.29) is 35.2 Å². The molecule has 0 aromatic heterocycles. The van der Waals surface area contributed by atoms with Gasteiger partial charge in [0.05, 0.1) is 6.04 Å². The Morgan fingerprint density at radius 3 is 2.00 bits per heavy atom. The molecule has 8 nitrogen and oxygen atoms in total. The van der Waals surface area contributed by atoms with Gasteiger partial charge in [0.1, 0.15) is 23.7 Å². The highest BCUT2D eigenvalue weighted by molar-refractivity contribution is 5.93. The summed E-state index contributed by atoms with van der Waals surface area (Å²) in [6, 6.07) is 8.60. The summed E-state index contributed by atoms with van der Waals surface area (Å²) in [5.74, 6) is -1.83. The summed E-state index contributed by atoms with van der Waals surface area (Å²) in [6.07, 6.45) is 0.475. The van der Waals surface area contributed by atoms with Gasteiger partial charge in [0.15, 0.2) is 0 Å². The lowest BCUT2D eigenvalue weighted by molar-refractivity contribution is -0.149. The van der Waals surface area contributed by atoms with Crippen LogP contribution in [0.1, 0.15) is 51.3 Å². The van der Waals surface area contributed by atoms with Gasteiger partial charge < -0.3 is 26.0 Å². The van der Waals surface area contributed by atoms with Crippen molar-refractivity contribution in [2.45, 2.75) is 71.0 Å². The van der Waals surface area contributed by atoms with Crippen LogP contribution in [0.3, 0.4) is 0 Å². The molecule has 0 saturated carbocycles. The molecule has 0 radical (unpaired) electrons. The highest BCUT2D eigenvalue weighted by Crippen LogP contribution is 2.31. The maximum atomic E-state index is 13.8. The van der Waals surface area contributed by atoms with Gasteiger partial charge in [-0.05, 0) is 59.7 Å². The fourth-order valence-corrected chi connectivity index (χ4v) is 4.77. The molecule has 2 aromatic carbocycles. The smallest absolute Gasteiger partial charge is 0.246 e. The number of rotatable bonds is 11. The Morgan fingerprint density at radius 2 is 1.51 bits per heavy atom. The van der Waals surface area contributed by atoms with Crippen LogP contribution in [0.15, 0.2) is 42.5 Å². The van der Waals surface area contributed by atoms with Gasteiger partial charge in [-0.25, -0.2) is 4.39 Å². The standard InChI is InChI=1S/C30H43FN4O4/c1-18(2)26(35(8)28(38)23(33-6)16-19-9-12-21(31)13-10-19)29(39)34(7)24(27(32)37)17-20-11-14-25(36)22(15-20)30(3,4)5/h9-15,18,23-24,26,33,36H,16-17H2,1-8H3,(H2,32,37)/t23-,24-,26-/m0/s1. The molecule has 2 aromatic rings. The van der Waals surface area contributed by atoms with Gasteiger partial charge in [-0.15, -0.1) is 0 Å². The van der Waals surface area contributed by atoms with Gasteiger partial charge in [0, 0.05) is 20.5 Å². The zero-order valence-electron chi connectivity index (χ0n) is 24.3. The lowest BCUT2D eigenvalue weighted by Gasteiger charge is -2.37. The first-order valence-electron chi connectivity index (χ1n) is 13.1. The number of hydrogen-bond acceptors (Lipinski definition) is 5. The van der Waals surface area contributed by atoms with E-state index < -0.39 is 29.9 Å². The molecule has 9 heteroatoms. The van der Waals surface area contributed by atoms with Gasteiger partial charge in [-0.3, -0.25) is 14.4 Å². The predicted molar refractivity (Wildman–Crippen MR) is 151 cm³/mol. The van der Waals surface area contributed by atoms with E-state index in [1.54, 1.807) is 38.4 Å². The Kier molecular flexibility index (Phi) is 10.6. The molecule has 0 bridgehead atoms. The van der Waals surface area contributed by atoms with Crippen molar-refractivity contribution in [3.8, 4) is 5.75 Å². The summed E-state index contributed by atoms with van der Waals surface area (Å²) in [7, 11) is 4.75. The third kappa shape index (κ3) is 8.02. The van der Waals surface area contributed by atoms with Crippen molar-refractivity contribution < 1.29 is 23.9 Å². The first-order chi connectivity index (χ1) is 18.1. The summed E-state index contributed by atoms with van der Waals surface area (Å²) >= 11 is 0. The second-order valence-corrected chi connectivity index (χ2v) is 11.5. The third-order valence-electron chi connectivity index (χ3n) is 7.09. The minimum absolute atomic E-state index is 0.158. The van der Waals surface area contributed by atoms with Gasteiger partial charge in [0.25, 0.3) is 0 Å². The Hall–Kier alpha value is -3.46. The molecule has 0 aliphatic rings. The van der Waals surface area contributed by atoms with Crippen LogP contribution in [0.2, 0.25) is 0 Å². The number of nitrogens with one attached hydrogen (secondary N) is 1. The van der Waals surface area contributed by atoms with Gasteiger partial charge in [-0.2, -0.15) is 0 Å². The van der Waals surface area contributed by atoms with Crippen LogP contribution in [-0.4, -0.2) is 71.9 Å². The van der Waals surface area contributed by atoms with Gasteiger partial charge in [0.2, 0.25) is 17.7 Å². The van der Waals surface area contributed by atoms with E-state index in [4.69, 9.17) is 5.73 Å². The SMILES string of the molecule is CN[C@@H](Cc1ccc(F)cc1)C(=O)N(C)[C@H](C(=O)N(C)[C@@H](Cc1ccc(O)c(C(C)(C)C)c1)C(N)=O)C(C)C. The number of carbonyl (C=O) groups excluding carboxylic acids is 3. The summed E-state index contributed by atoms with van der Waals surface area (Å²) in [5, 5.41) is 13.3. The molecule has 0 unspecified atom stereocenters. The molecule has 0 fully saturated rings. The zero-order valence-corrected chi connectivity index (χ0v) is 24.3. The van der Waals surface area contributed by atoms with E-state index in [9.17, 15) is 23.9 Å². The van der Waals surface area contributed by atoms with Crippen LogP contribution >= 0.6 is 0 Å². The topological polar surface area (TPSA) is 116 Å². The van der Waals surface area contributed by atoms with Gasteiger partial charge >= 0.3 is 0 Å². The number of hydrogen-bond donors (Lipinski definition) is 3. The first kappa shape index (κ1) is 31.8. The minimum Gasteiger partial charge on any atom is -0.508 e. The van der Waals surface area contributed by atoms with E-state index in [1.807, 2.05) is 40.7 Å². The number of primary amides is 1. The first-order valence-corrected chi connectivity index (χ1v) is 13.1. The molecule has 3 amide bonds. The summed E-state index contributed by atoms with van der Waals surface area (Å²) in [4.78, 5) is 42.5. The molecule has 0 aliphatic carbocycles. The molecule has 0 spiro atoms. The molecule has 2 rings (SSSR count). The number of phenolic OH excluding ortho intramolecular Hbond substituents is 1. The molecule has 0 saturated heterocycles. The highest BCUT2D eigenvalue weighted by atomic mass is 19.1. The lowest BCUT2D eigenvalue weighted by Crippen LogP contribution is -2.58. The van der Waals surface area contributed by atoms with Crippen molar-refractivity contribution in [1.82, 2.24) is 15.1 Å². The fraction of sp³-hybridized carbons (Fsp3) is 0.500. The summed E-state index contributed by atoms with van der Waals surface area (Å²) < 4.78 is 13.3. The van der Waals surface area contributed by atoms with Crippen LogP contribution in [0.25, 0.3) is 0 Å². The van der Waals surface area contributed by atoms with Crippen molar-refractivity contribution in [2.75, 3.05) is 21.1 Å². The summed E-state index contributed by atoms with van der Waals surface area (Å²) in [5.41, 5.74) is 7.68. The molecular formula is C30H43FN4O4. The maximum absolute atomic E-state index is 13.8. The number of nitrogens with zero attached hydrogens (tertiary/aromatic N) is 2. The number of phenols is 1. The third-order valence-corrected chi connectivity index (χ3v) is 7.09. The zero-order chi connectivity index (χ0) is 29.7. The molecule has 3 atom stereocenters. The molecular weight excluding hydrogens is 499 g/mol. The number of carbonyl (C=O) groups is 3. The number of nitrogens with two attached hydrogens (primary N) is 1. The van der Waals surface area contributed by atoms with Crippen LogP contribution in [0.5, 0.6) is 5.75 Å². The van der Waals surface area contributed by atoms with E-state index in [0.29, 0.717) is 6.42 Å². The second-order valence-electron chi connectivity index (χ2n) is 11.5. The number of benzene rings is 2. The van der Waals surface area contributed by atoms with Gasteiger partial charge in [-0.1, -0.05) is 58.9 Å². The van der Waals surface area contributed by atoms with E-state index >= 15 is 0 Å². The molecule has 0 aliphatic heterocycles. The Morgan fingerprint density at radius 1 is 0.949 bits per heavy atom. The van der Waals surface area contributed by atoms with Crippen LogP contribution in [0.4, 0.5) is 4.39 Å². The number of halogens is 1. The Labute approximate surface area is 231 Å². The van der Waals surface area contributed by atoms with E-state index in [2.05, 4.69) is 5.32 Å². The number of amides is 3. The molecule has 4 N–H and O–H groups in total. The molecule has 214 valence electrons. The largest absolute Gasteiger partial charge is 0.508 e. The fourth-order valence-electron chi connectivity index (χ4n) is 4.77. The second kappa shape index (κ2) is 13.1. The van der Waals surface area contributed by atoms with Crippen molar-refractivity contribution >= 4 is 17.7 Å². The van der Waals surface area contributed by atoms with Crippen molar-refractivity contribution in [3.05, 3.63) is 65.0 Å². The average molecular weight is 543 g/mol. The summed E-state index contributed by atoms with van der Waals surface area (Å²) in [6.45, 7) is 9.59. The van der Waals surface area contributed by atoms with Crippen LogP contribution in [-0.2, 0) is 32.6 Å². The Bertz CT molecular complexity index is 1160. The van der Waals surface area contributed by atoms with E-state index in [0.717, 1.165) is 16.7 Å². The normalized spacial score (nSPS) is 14.0. The predicted octanol–water partition coefficient (Wildman–Crippen LogP) is 3.00. The van der Waals surface area contributed by atoms with Crippen LogP contribution in [0, 0.1) is 11.7 Å². The molecule has 0 heterocycles. The lowest BCUT2D eigenvalue weighted by atomic mass is 9.84. The van der Waals surface area contributed by atoms with Crippen molar-refractivity contribution in [1.29, 1.82) is 0 Å². The van der Waals surface area contributed by atoms with Crippen LogP contribution < -0.4 is 11.1 Å². The average Bonchev–Trinajstić information content (AvgIpc) is 2.85. The number of likely N-dealkylation sites (N-methyl/N-ethyl adjacent to an activating group) is 3.